The van der Waals surface area contributed by atoms with Gasteiger partial charge in [-0.1, -0.05) is 96.9 Å². The van der Waals surface area contributed by atoms with Crippen LogP contribution in [0.3, 0.4) is 0 Å². The van der Waals surface area contributed by atoms with Crippen molar-refractivity contribution in [1.82, 2.24) is 0 Å². The van der Waals surface area contributed by atoms with Crippen LogP contribution >= 0.6 is 0 Å². The van der Waals surface area contributed by atoms with Crippen LogP contribution in [0, 0.1) is 12.3 Å². The smallest absolute Gasteiger partial charge is 0.186 e. The molecule has 0 saturated carbocycles. The van der Waals surface area contributed by atoms with Gasteiger partial charge >= 0.3 is 0 Å². The maximum absolute atomic E-state index is 6.49. The van der Waals surface area contributed by atoms with Crippen LogP contribution in [0.15, 0.2) is 91.0 Å². The van der Waals surface area contributed by atoms with Gasteiger partial charge in [0.25, 0.3) is 0 Å². The van der Waals surface area contributed by atoms with Crippen molar-refractivity contribution in [2.24, 2.45) is 5.73 Å². The SMILES string of the molecule is C#C[C@@H](N)[C@H]1O[C@H](OC)[C@H](OCc2ccccc2)[C@@H](OCc2ccccc2)[C@@H]1OCc1ccccc1. The molecule has 2 N–H and O–H groups in total. The first-order valence-corrected chi connectivity index (χ1v) is 12.1. The highest BCUT2D eigenvalue weighted by Gasteiger charge is 2.50. The summed E-state index contributed by atoms with van der Waals surface area (Å²) in [5.74, 6) is 2.60. The minimum absolute atomic E-state index is 0.344. The second-order valence-corrected chi connectivity index (χ2v) is 8.68. The van der Waals surface area contributed by atoms with Crippen LogP contribution in [0.5, 0.6) is 0 Å². The minimum Gasteiger partial charge on any atom is -0.368 e. The number of benzene rings is 3. The first-order valence-electron chi connectivity index (χ1n) is 12.1. The van der Waals surface area contributed by atoms with Crippen molar-refractivity contribution in [3.63, 3.8) is 0 Å². The highest BCUT2D eigenvalue weighted by molar-refractivity contribution is 5.16. The van der Waals surface area contributed by atoms with Crippen LogP contribution in [-0.4, -0.2) is 43.9 Å². The van der Waals surface area contributed by atoms with E-state index in [-0.39, 0.29) is 0 Å². The Hall–Kier alpha value is -3.02. The number of methoxy groups -OCH3 is 1. The van der Waals surface area contributed by atoms with E-state index in [1.54, 1.807) is 7.11 Å². The van der Waals surface area contributed by atoms with Gasteiger partial charge in [0.05, 0.1) is 25.9 Å². The molecule has 0 amide bonds. The van der Waals surface area contributed by atoms with Gasteiger partial charge in [0, 0.05) is 7.11 Å². The molecule has 0 aliphatic carbocycles. The fourth-order valence-corrected chi connectivity index (χ4v) is 4.26. The van der Waals surface area contributed by atoms with Crippen molar-refractivity contribution in [3.05, 3.63) is 108 Å². The zero-order chi connectivity index (χ0) is 25.2. The maximum Gasteiger partial charge on any atom is 0.186 e. The van der Waals surface area contributed by atoms with Gasteiger partial charge in [0.2, 0.25) is 0 Å². The normalized spacial score (nSPS) is 24.6. The second kappa shape index (κ2) is 13.3. The molecule has 1 fully saturated rings. The van der Waals surface area contributed by atoms with E-state index in [4.69, 9.17) is 35.8 Å². The molecule has 188 valence electrons. The molecule has 1 saturated heterocycles. The molecule has 3 aromatic carbocycles. The minimum atomic E-state index is -0.740. The monoisotopic (exact) mass is 487 g/mol. The maximum atomic E-state index is 6.49. The van der Waals surface area contributed by atoms with E-state index in [1.807, 2.05) is 91.0 Å². The van der Waals surface area contributed by atoms with Crippen LogP contribution in [0.2, 0.25) is 0 Å². The van der Waals surface area contributed by atoms with Crippen LogP contribution in [0.1, 0.15) is 16.7 Å². The quantitative estimate of drug-likeness (QED) is 0.411. The van der Waals surface area contributed by atoms with Crippen LogP contribution in [-0.2, 0) is 43.5 Å². The van der Waals surface area contributed by atoms with Crippen molar-refractivity contribution >= 4 is 0 Å². The molecule has 3 aromatic rings. The van der Waals surface area contributed by atoms with Crippen molar-refractivity contribution in [3.8, 4) is 12.3 Å². The number of hydrogen-bond donors (Lipinski definition) is 1. The summed E-state index contributed by atoms with van der Waals surface area (Å²) in [6.45, 7) is 1.06. The Bertz CT molecular complexity index is 1070. The zero-order valence-electron chi connectivity index (χ0n) is 20.4. The molecule has 0 spiro atoms. The first kappa shape index (κ1) is 26.1. The summed E-state index contributed by atoms with van der Waals surface area (Å²) >= 11 is 0. The van der Waals surface area contributed by atoms with E-state index in [0.29, 0.717) is 19.8 Å². The highest BCUT2D eigenvalue weighted by Crippen LogP contribution is 2.31. The molecule has 0 aromatic heterocycles. The topological polar surface area (TPSA) is 72.2 Å². The van der Waals surface area contributed by atoms with Crippen LogP contribution in [0.25, 0.3) is 0 Å². The molecule has 6 atom stereocenters. The molecule has 36 heavy (non-hydrogen) atoms. The zero-order valence-corrected chi connectivity index (χ0v) is 20.4. The number of terminal acetylenes is 1. The van der Waals surface area contributed by atoms with Gasteiger partial charge in [0.15, 0.2) is 6.29 Å². The van der Waals surface area contributed by atoms with Crippen molar-refractivity contribution < 1.29 is 23.7 Å². The molecule has 0 bridgehead atoms. The Labute approximate surface area is 213 Å². The number of nitrogens with two attached hydrogens (primary N) is 1. The van der Waals surface area contributed by atoms with Crippen molar-refractivity contribution in [2.75, 3.05) is 7.11 Å². The number of ether oxygens (including phenoxy) is 5. The highest BCUT2D eigenvalue weighted by atomic mass is 16.7. The second-order valence-electron chi connectivity index (χ2n) is 8.68. The standard InChI is InChI=1S/C30H33NO5/c1-3-25(31)26-27(33-19-22-13-7-4-8-14-22)28(34-20-23-15-9-5-10-16-23)29(30(32-2)36-26)35-21-24-17-11-6-12-18-24/h1,4-18,25-30H,19-21,31H2,2H3/t25-,26-,27-,28+,29-,30+/m1/s1. The summed E-state index contributed by atoms with van der Waals surface area (Å²) in [5, 5.41) is 0. The van der Waals surface area contributed by atoms with E-state index in [0.717, 1.165) is 16.7 Å². The summed E-state index contributed by atoms with van der Waals surface area (Å²) in [5.41, 5.74) is 9.38. The molecule has 0 radical (unpaired) electrons. The van der Waals surface area contributed by atoms with E-state index < -0.39 is 36.7 Å². The molecule has 6 heteroatoms. The number of hydrogen-bond acceptors (Lipinski definition) is 6. The Balaban J connectivity index is 1.62. The summed E-state index contributed by atoms with van der Waals surface area (Å²) in [7, 11) is 1.57. The molecule has 6 nitrogen and oxygen atoms in total. The predicted octanol–water partition coefficient (Wildman–Crippen LogP) is 4.07. The van der Waals surface area contributed by atoms with Gasteiger partial charge < -0.3 is 29.4 Å². The third kappa shape index (κ3) is 6.80. The van der Waals surface area contributed by atoms with Crippen molar-refractivity contribution in [2.45, 2.75) is 56.6 Å². The van der Waals surface area contributed by atoms with Gasteiger partial charge in [-0.25, -0.2) is 0 Å². The fourth-order valence-electron chi connectivity index (χ4n) is 4.26. The molecule has 1 heterocycles. The molecule has 1 aliphatic heterocycles. The fraction of sp³-hybridized carbons (Fsp3) is 0.333. The Morgan fingerprint density at radius 1 is 0.722 bits per heavy atom. The molecule has 0 unspecified atom stereocenters. The van der Waals surface area contributed by atoms with E-state index in [2.05, 4.69) is 5.92 Å². The van der Waals surface area contributed by atoms with E-state index >= 15 is 0 Å². The van der Waals surface area contributed by atoms with Gasteiger partial charge in [-0.15, -0.1) is 6.42 Å². The lowest BCUT2D eigenvalue weighted by molar-refractivity contribution is -0.318. The molecule has 1 aliphatic rings. The largest absolute Gasteiger partial charge is 0.368 e. The Morgan fingerprint density at radius 2 is 1.14 bits per heavy atom. The van der Waals surface area contributed by atoms with Crippen molar-refractivity contribution in [1.29, 1.82) is 0 Å². The summed E-state index contributed by atoms with van der Waals surface area (Å²) in [6.07, 6.45) is 2.60. The lowest BCUT2D eigenvalue weighted by Crippen LogP contribution is -2.64. The average Bonchev–Trinajstić information content (AvgIpc) is 2.94. The molecular weight excluding hydrogens is 454 g/mol. The lowest BCUT2D eigenvalue weighted by Gasteiger charge is -2.46. The first-order chi connectivity index (χ1) is 17.7. The Kier molecular flexibility index (Phi) is 9.65. The van der Waals surface area contributed by atoms with Gasteiger partial charge in [-0.3, -0.25) is 0 Å². The third-order valence-corrected chi connectivity index (χ3v) is 6.17. The summed E-state index contributed by atoms with van der Waals surface area (Å²) < 4.78 is 31.2. The van der Waals surface area contributed by atoms with Gasteiger partial charge in [0.1, 0.15) is 24.4 Å². The number of rotatable bonds is 11. The van der Waals surface area contributed by atoms with Crippen LogP contribution in [0.4, 0.5) is 0 Å². The predicted molar refractivity (Wildman–Crippen MR) is 138 cm³/mol. The van der Waals surface area contributed by atoms with Gasteiger partial charge in [-0.05, 0) is 16.7 Å². The summed E-state index contributed by atoms with van der Waals surface area (Å²) in [4.78, 5) is 0. The average molecular weight is 488 g/mol. The van der Waals surface area contributed by atoms with Gasteiger partial charge in [-0.2, -0.15) is 0 Å². The lowest BCUT2D eigenvalue weighted by atomic mass is 9.93. The molecule has 4 rings (SSSR count). The van der Waals surface area contributed by atoms with Crippen LogP contribution < -0.4 is 5.73 Å². The van der Waals surface area contributed by atoms with E-state index in [1.165, 1.54) is 0 Å². The Morgan fingerprint density at radius 3 is 1.56 bits per heavy atom. The summed E-state index contributed by atoms with van der Waals surface area (Å²) in [6, 6.07) is 29.1. The third-order valence-electron chi connectivity index (χ3n) is 6.17. The molecular formula is C30H33NO5. The van der Waals surface area contributed by atoms with E-state index in [9.17, 15) is 0 Å².